The molecule has 22 heavy (non-hydrogen) atoms. The summed E-state index contributed by atoms with van der Waals surface area (Å²) >= 11 is 0. The van der Waals surface area contributed by atoms with E-state index in [1.165, 1.54) is 17.5 Å². The van der Waals surface area contributed by atoms with Crippen LogP contribution in [0.3, 0.4) is 0 Å². The zero-order valence-corrected chi connectivity index (χ0v) is 13.9. The van der Waals surface area contributed by atoms with E-state index in [0.717, 1.165) is 18.4 Å². The second kappa shape index (κ2) is 8.91. The van der Waals surface area contributed by atoms with E-state index < -0.39 is 0 Å². The van der Waals surface area contributed by atoms with E-state index in [0.29, 0.717) is 13.1 Å². The Hall–Kier alpha value is -1.39. The van der Waals surface area contributed by atoms with Crippen molar-refractivity contribution in [2.24, 2.45) is 11.7 Å². The average Bonchev–Trinajstić information content (AvgIpc) is 2.97. The number of rotatable bonds is 7. The largest absolute Gasteiger partial charge is 0.356 e. The van der Waals surface area contributed by atoms with Crippen LogP contribution in [0.25, 0.3) is 0 Å². The fraction of sp³-hybridized carbons (Fsp3) is 0.529. The maximum absolute atomic E-state index is 12.1. The molecule has 0 aromatic heterocycles. The van der Waals surface area contributed by atoms with E-state index in [-0.39, 0.29) is 42.9 Å². The topological polar surface area (TPSA) is 72.2 Å². The Morgan fingerprint density at radius 2 is 1.95 bits per heavy atom. The third-order valence-electron chi connectivity index (χ3n) is 4.05. The van der Waals surface area contributed by atoms with Gasteiger partial charge in [-0.25, -0.2) is 0 Å². The Balaban J connectivity index is 0.00000242. The Morgan fingerprint density at radius 3 is 2.68 bits per heavy atom. The molecule has 1 amide bonds. The predicted octanol–water partition coefficient (Wildman–Crippen LogP) is 2.27. The molecule has 1 aromatic carbocycles. The molecule has 0 saturated carbocycles. The minimum atomic E-state index is -0.0789. The standard InChI is InChI=1S/C17H24N2O2.ClH/c1-12(10-18)11-19-17(21)8-7-16(20)15-6-5-13-3-2-4-14(13)9-15;/h5-6,9,12H,2-4,7-8,10-11,18H2,1H3,(H,19,21);1H. The SMILES string of the molecule is CC(CN)CNC(=O)CCC(=O)c1ccc2c(c1)CCC2.Cl. The highest BCUT2D eigenvalue weighted by molar-refractivity contribution is 5.98. The summed E-state index contributed by atoms with van der Waals surface area (Å²) in [5.74, 6) is 0.234. The van der Waals surface area contributed by atoms with E-state index in [9.17, 15) is 9.59 Å². The number of aryl methyl sites for hydroxylation is 2. The van der Waals surface area contributed by atoms with Crippen LogP contribution in [0.1, 0.15) is 47.7 Å². The highest BCUT2D eigenvalue weighted by Crippen LogP contribution is 2.23. The molecule has 122 valence electrons. The highest BCUT2D eigenvalue weighted by atomic mass is 35.5. The van der Waals surface area contributed by atoms with Crippen molar-refractivity contribution < 1.29 is 9.59 Å². The molecule has 1 aliphatic carbocycles. The summed E-state index contributed by atoms with van der Waals surface area (Å²) in [5, 5.41) is 2.81. The molecule has 0 heterocycles. The lowest BCUT2D eigenvalue weighted by atomic mass is 10.0. The lowest BCUT2D eigenvalue weighted by Gasteiger charge is -2.10. The van der Waals surface area contributed by atoms with Gasteiger partial charge >= 0.3 is 0 Å². The van der Waals surface area contributed by atoms with E-state index in [1.807, 2.05) is 19.1 Å². The van der Waals surface area contributed by atoms with Crippen LogP contribution in [0.2, 0.25) is 0 Å². The van der Waals surface area contributed by atoms with E-state index >= 15 is 0 Å². The van der Waals surface area contributed by atoms with Crippen LogP contribution in [0.5, 0.6) is 0 Å². The first-order chi connectivity index (χ1) is 10.1. The number of fused-ring (bicyclic) bond motifs is 1. The number of nitrogens with two attached hydrogens (primary N) is 1. The predicted molar refractivity (Wildman–Crippen MR) is 90.5 cm³/mol. The minimum Gasteiger partial charge on any atom is -0.356 e. The molecular weight excluding hydrogens is 300 g/mol. The van der Waals surface area contributed by atoms with Gasteiger partial charge in [-0.15, -0.1) is 12.4 Å². The molecule has 5 heteroatoms. The number of amides is 1. The number of halogens is 1. The maximum Gasteiger partial charge on any atom is 0.220 e. The van der Waals surface area contributed by atoms with Gasteiger partial charge in [0, 0.05) is 24.9 Å². The molecule has 0 radical (unpaired) electrons. The summed E-state index contributed by atoms with van der Waals surface area (Å²) in [7, 11) is 0. The molecule has 0 bridgehead atoms. The molecule has 3 N–H and O–H groups in total. The quantitative estimate of drug-likeness (QED) is 0.756. The van der Waals surface area contributed by atoms with Crippen LogP contribution in [-0.2, 0) is 17.6 Å². The van der Waals surface area contributed by atoms with Crippen molar-refractivity contribution in [3.8, 4) is 0 Å². The molecule has 1 atom stereocenters. The first kappa shape index (κ1) is 18.7. The molecule has 2 rings (SSSR count). The molecule has 1 aliphatic rings. The fourth-order valence-corrected chi connectivity index (χ4v) is 2.58. The van der Waals surface area contributed by atoms with Crippen LogP contribution < -0.4 is 11.1 Å². The average molecular weight is 325 g/mol. The summed E-state index contributed by atoms with van der Waals surface area (Å²) < 4.78 is 0. The monoisotopic (exact) mass is 324 g/mol. The smallest absolute Gasteiger partial charge is 0.220 e. The fourth-order valence-electron chi connectivity index (χ4n) is 2.58. The first-order valence-electron chi connectivity index (χ1n) is 7.72. The lowest BCUT2D eigenvalue weighted by molar-refractivity contribution is -0.121. The van der Waals surface area contributed by atoms with E-state index in [1.54, 1.807) is 0 Å². The highest BCUT2D eigenvalue weighted by Gasteiger charge is 2.15. The second-order valence-electron chi connectivity index (χ2n) is 5.91. The number of carbonyl (C=O) groups excluding carboxylic acids is 2. The number of ketones is 1. The van der Waals surface area contributed by atoms with Gasteiger partial charge in [0.2, 0.25) is 5.91 Å². The summed E-state index contributed by atoms with van der Waals surface area (Å²) in [4.78, 5) is 23.8. The molecule has 1 aromatic rings. The van der Waals surface area contributed by atoms with Crippen LogP contribution >= 0.6 is 12.4 Å². The van der Waals surface area contributed by atoms with E-state index in [4.69, 9.17) is 5.73 Å². The number of nitrogens with one attached hydrogen (secondary N) is 1. The minimum absolute atomic E-state index is 0. The molecule has 0 spiro atoms. The van der Waals surface area contributed by atoms with Crippen molar-refractivity contribution in [1.82, 2.24) is 5.32 Å². The van der Waals surface area contributed by atoms with Crippen molar-refractivity contribution in [2.45, 2.75) is 39.0 Å². The number of Topliss-reactive ketones (excluding diaryl/α,β-unsaturated/α-hetero) is 1. The van der Waals surface area contributed by atoms with Gasteiger partial charge in [0.15, 0.2) is 5.78 Å². The number of hydrogen-bond acceptors (Lipinski definition) is 3. The van der Waals surface area contributed by atoms with Crippen molar-refractivity contribution in [2.75, 3.05) is 13.1 Å². The lowest BCUT2D eigenvalue weighted by Crippen LogP contribution is -2.31. The van der Waals surface area contributed by atoms with Gasteiger partial charge in [-0.1, -0.05) is 19.1 Å². The zero-order valence-electron chi connectivity index (χ0n) is 13.1. The van der Waals surface area contributed by atoms with Crippen molar-refractivity contribution in [1.29, 1.82) is 0 Å². The molecular formula is C17H25ClN2O2. The van der Waals surface area contributed by atoms with Gasteiger partial charge < -0.3 is 11.1 Å². The Kier molecular flexibility index (Phi) is 7.56. The van der Waals surface area contributed by atoms with Gasteiger partial charge in [-0.05, 0) is 48.9 Å². The maximum atomic E-state index is 12.1. The Labute approximate surface area is 138 Å². The third-order valence-corrected chi connectivity index (χ3v) is 4.05. The second-order valence-corrected chi connectivity index (χ2v) is 5.91. The van der Waals surface area contributed by atoms with Gasteiger partial charge in [0.05, 0.1) is 0 Å². The van der Waals surface area contributed by atoms with E-state index in [2.05, 4.69) is 11.4 Å². The van der Waals surface area contributed by atoms with Gasteiger partial charge in [-0.3, -0.25) is 9.59 Å². The van der Waals surface area contributed by atoms with Gasteiger partial charge in [0.25, 0.3) is 0 Å². The van der Waals surface area contributed by atoms with Crippen molar-refractivity contribution in [3.05, 3.63) is 34.9 Å². The summed E-state index contributed by atoms with van der Waals surface area (Å²) in [5.41, 5.74) is 8.89. The Bertz CT molecular complexity index is 531. The third kappa shape index (κ3) is 5.11. The summed E-state index contributed by atoms with van der Waals surface area (Å²) in [6, 6.07) is 5.94. The molecule has 4 nitrogen and oxygen atoms in total. The summed E-state index contributed by atoms with van der Waals surface area (Å²) in [6.45, 7) is 3.10. The van der Waals surface area contributed by atoms with Gasteiger partial charge in [-0.2, -0.15) is 0 Å². The van der Waals surface area contributed by atoms with Crippen LogP contribution in [0.4, 0.5) is 0 Å². The zero-order chi connectivity index (χ0) is 15.2. The van der Waals surface area contributed by atoms with Crippen LogP contribution in [-0.4, -0.2) is 24.8 Å². The number of hydrogen-bond donors (Lipinski definition) is 2. The molecule has 0 saturated heterocycles. The summed E-state index contributed by atoms with van der Waals surface area (Å²) in [6.07, 6.45) is 3.86. The molecule has 0 aliphatic heterocycles. The Morgan fingerprint density at radius 1 is 1.23 bits per heavy atom. The van der Waals surface area contributed by atoms with Crippen LogP contribution in [0.15, 0.2) is 18.2 Å². The first-order valence-corrected chi connectivity index (χ1v) is 7.72. The molecule has 0 fully saturated rings. The number of carbonyl (C=O) groups is 2. The normalized spacial score (nSPS) is 13.9. The van der Waals surface area contributed by atoms with Crippen LogP contribution in [0, 0.1) is 5.92 Å². The van der Waals surface area contributed by atoms with Crippen molar-refractivity contribution in [3.63, 3.8) is 0 Å². The van der Waals surface area contributed by atoms with Crippen molar-refractivity contribution >= 4 is 24.1 Å². The van der Waals surface area contributed by atoms with Gasteiger partial charge in [0.1, 0.15) is 0 Å². The molecule has 1 unspecified atom stereocenters. The number of benzene rings is 1.